The van der Waals surface area contributed by atoms with E-state index in [1.165, 1.54) is 0 Å². The van der Waals surface area contributed by atoms with Gasteiger partial charge in [0.1, 0.15) is 0 Å². The molecule has 1 fully saturated rings. The molecular formula is C13H19N3O. The molecule has 2 N–H and O–H groups in total. The minimum absolute atomic E-state index is 0.0821. The zero-order valence-electron chi connectivity index (χ0n) is 10.2. The molecule has 1 amide bonds. The topological polar surface area (TPSA) is 54.0 Å². The standard InChI is InChI=1S/C13H19N3O/c1-10-3-2-6-15-12(10)9-13(17)16-11-4-7-14-8-5-11/h2-3,6,11,14H,4-5,7-9H2,1H3,(H,16,17). The molecule has 1 aromatic heterocycles. The number of aromatic nitrogens is 1. The van der Waals surface area contributed by atoms with E-state index in [4.69, 9.17) is 0 Å². The van der Waals surface area contributed by atoms with Crippen molar-refractivity contribution in [3.63, 3.8) is 0 Å². The zero-order valence-corrected chi connectivity index (χ0v) is 10.2. The fourth-order valence-electron chi connectivity index (χ4n) is 2.10. The number of carbonyl (C=O) groups excluding carboxylic acids is 1. The Labute approximate surface area is 102 Å². The summed E-state index contributed by atoms with van der Waals surface area (Å²) in [5, 5.41) is 6.36. The Morgan fingerprint density at radius 1 is 1.53 bits per heavy atom. The average Bonchev–Trinajstić information content (AvgIpc) is 2.33. The van der Waals surface area contributed by atoms with Crippen molar-refractivity contribution >= 4 is 5.91 Å². The molecule has 0 bridgehead atoms. The second-order valence-electron chi connectivity index (χ2n) is 4.54. The van der Waals surface area contributed by atoms with Crippen molar-refractivity contribution in [2.24, 2.45) is 0 Å². The molecule has 0 saturated carbocycles. The van der Waals surface area contributed by atoms with E-state index in [9.17, 15) is 4.79 Å². The van der Waals surface area contributed by atoms with E-state index in [0.29, 0.717) is 12.5 Å². The highest BCUT2D eigenvalue weighted by Gasteiger charge is 2.16. The van der Waals surface area contributed by atoms with Gasteiger partial charge in [-0.3, -0.25) is 9.78 Å². The van der Waals surface area contributed by atoms with Gasteiger partial charge in [-0.1, -0.05) is 6.07 Å². The minimum atomic E-state index is 0.0821. The van der Waals surface area contributed by atoms with E-state index in [1.54, 1.807) is 6.20 Å². The first kappa shape index (κ1) is 12.0. The molecule has 4 nitrogen and oxygen atoms in total. The van der Waals surface area contributed by atoms with Crippen molar-refractivity contribution in [3.8, 4) is 0 Å². The molecule has 2 heterocycles. The van der Waals surface area contributed by atoms with E-state index < -0.39 is 0 Å². The summed E-state index contributed by atoms with van der Waals surface area (Å²) in [7, 11) is 0. The molecule has 0 atom stereocenters. The third-order valence-corrected chi connectivity index (χ3v) is 3.15. The first-order chi connectivity index (χ1) is 8.25. The van der Waals surface area contributed by atoms with E-state index >= 15 is 0 Å². The minimum Gasteiger partial charge on any atom is -0.353 e. The fourth-order valence-corrected chi connectivity index (χ4v) is 2.10. The highest BCUT2D eigenvalue weighted by atomic mass is 16.1. The molecule has 17 heavy (non-hydrogen) atoms. The Morgan fingerprint density at radius 2 is 2.29 bits per heavy atom. The second kappa shape index (κ2) is 5.77. The first-order valence-electron chi connectivity index (χ1n) is 6.16. The summed E-state index contributed by atoms with van der Waals surface area (Å²) in [6, 6.07) is 4.21. The van der Waals surface area contributed by atoms with Crippen LogP contribution in [0.25, 0.3) is 0 Å². The van der Waals surface area contributed by atoms with Crippen molar-refractivity contribution in [1.29, 1.82) is 0 Å². The molecule has 92 valence electrons. The van der Waals surface area contributed by atoms with Gasteiger partial charge in [-0.15, -0.1) is 0 Å². The zero-order chi connectivity index (χ0) is 12.1. The Kier molecular flexibility index (Phi) is 4.09. The lowest BCUT2D eigenvalue weighted by molar-refractivity contribution is -0.121. The molecule has 0 aromatic carbocycles. The van der Waals surface area contributed by atoms with Gasteiger partial charge in [0.15, 0.2) is 0 Å². The van der Waals surface area contributed by atoms with Crippen LogP contribution in [0.1, 0.15) is 24.1 Å². The molecule has 0 spiro atoms. The van der Waals surface area contributed by atoms with Crippen molar-refractivity contribution < 1.29 is 4.79 Å². The highest BCUT2D eigenvalue weighted by molar-refractivity contribution is 5.78. The van der Waals surface area contributed by atoms with Crippen LogP contribution in [0.2, 0.25) is 0 Å². The van der Waals surface area contributed by atoms with Gasteiger partial charge in [-0.2, -0.15) is 0 Å². The van der Waals surface area contributed by atoms with Gasteiger partial charge in [0.2, 0.25) is 5.91 Å². The second-order valence-corrected chi connectivity index (χ2v) is 4.54. The van der Waals surface area contributed by atoms with Crippen LogP contribution in [0.4, 0.5) is 0 Å². The molecule has 4 heteroatoms. The third kappa shape index (κ3) is 3.53. The normalized spacial score (nSPS) is 16.8. The lowest BCUT2D eigenvalue weighted by atomic mass is 10.1. The quantitative estimate of drug-likeness (QED) is 0.812. The molecule has 0 unspecified atom stereocenters. The summed E-state index contributed by atoms with van der Waals surface area (Å²) in [6.07, 6.45) is 4.16. The highest BCUT2D eigenvalue weighted by Crippen LogP contribution is 2.06. The lowest BCUT2D eigenvalue weighted by Crippen LogP contribution is -2.43. The number of piperidine rings is 1. The summed E-state index contributed by atoms with van der Waals surface area (Å²) in [5.74, 6) is 0.0821. The summed E-state index contributed by atoms with van der Waals surface area (Å²) in [5.41, 5.74) is 1.95. The van der Waals surface area contributed by atoms with Crippen molar-refractivity contribution in [3.05, 3.63) is 29.6 Å². The summed E-state index contributed by atoms with van der Waals surface area (Å²) in [4.78, 5) is 16.1. The van der Waals surface area contributed by atoms with E-state index in [0.717, 1.165) is 37.2 Å². The smallest absolute Gasteiger partial charge is 0.226 e. The maximum absolute atomic E-state index is 11.9. The van der Waals surface area contributed by atoms with E-state index in [-0.39, 0.29) is 5.91 Å². The SMILES string of the molecule is Cc1cccnc1CC(=O)NC1CCNCC1. The van der Waals surface area contributed by atoms with Gasteiger partial charge >= 0.3 is 0 Å². The number of hydrogen-bond acceptors (Lipinski definition) is 3. The number of hydrogen-bond donors (Lipinski definition) is 2. The number of aryl methyl sites for hydroxylation is 1. The summed E-state index contributed by atoms with van der Waals surface area (Å²) >= 11 is 0. The number of amides is 1. The van der Waals surface area contributed by atoms with Crippen LogP contribution < -0.4 is 10.6 Å². The van der Waals surface area contributed by atoms with Crippen LogP contribution in [0, 0.1) is 6.92 Å². The summed E-state index contributed by atoms with van der Waals surface area (Å²) < 4.78 is 0. The first-order valence-corrected chi connectivity index (χ1v) is 6.16. The monoisotopic (exact) mass is 233 g/mol. The Bertz CT molecular complexity index is 386. The van der Waals surface area contributed by atoms with Crippen LogP contribution in [-0.2, 0) is 11.2 Å². The Hall–Kier alpha value is -1.42. The molecule has 1 aliphatic rings. The summed E-state index contributed by atoms with van der Waals surface area (Å²) in [6.45, 7) is 3.97. The number of carbonyl (C=O) groups is 1. The average molecular weight is 233 g/mol. The molecule has 1 aliphatic heterocycles. The lowest BCUT2D eigenvalue weighted by Gasteiger charge is -2.23. The predicted octanol–water partition coefficient (Wildman–Crippen LogP) is 0.801. The van der Waals surface area contributed by atoms with Gasteiger partial charge in [0.25, 0.3) is 0 Å². The van der Waals surface area contributed by atoms with Gasteiger partial charge in [0, 0.05) is 12.2 Å². The van der Waals surface area contributed by atoms with Crippen molar-refractivity contribution in [2.75, 3.05) is 13.1 Å². The third-order valence-electron chi connectivity index (χ3n) is 3.15. The van der Waals surface area contributed by atoms with Crippen LogP contribution >= 0.6 is 0 Å². The Balaban J connectivity index is 1.86. The van der Waals surface area contributed by atoms with Crippen LogP contribution in [-0.4, -0.2) is 30.0 Å². The molecule has 0 aliphatic carbocycles. The van der Waals surface area contributed by atoms with E-state index in [1.807, 2.05) is 19.1 Å². The number of rotatable bonds is 3. The largest absolute Gasteiger partial charge is 0.353 e. The predicted molar refractivity (Wildman–Crippen MR) is 66.7 cm³/mol. The van der Waals surface area contributed by atoms with Crippen LogP contribution in [0.3, 0.4) is 0 Å². The molecule has 1 saturated heterocycles. The van der Waals surface area contributed by atoms with Gasteiger partial charge in [-0.05, 0) is 44.5 Å². The molecule has 0 radical (unpaired) electrons. The maximum atomic E-state index is 11.9. The van der Waals surface area contributed by atoms with Crippen LogP contribution in [0.5, 0.6) is 0 Å². The van der Waals surface area contributed by atoms with Gasteiger partial charge in [0.05, 0.1) is 12.1 Å². The molecule has 2 rings (SSSR count). The van der Waals surface area contributed by atoms with E-state index in [2.05, 4.69) is 15.6 Å². The number of pyridine rings is 1. The number of nitrogens with one attached hydrogen (secondary N) is 2. The molecular weight excluding hydrogens is 214 g/mol. The van der Waals surface area contributed by atoms with Crippen molar-refractivity contribution in [2.45, 2.75) is 32.2 Å². The Morgan fingerprint density at radius 3 is 3.00 bits per heavy atom. The number of nitrogens with zero attached hydrogens (tertiary/aromatic N) is 1. The molecule has 1 aromatic rings. The maximum Gasteiger partial charge on any atom is 0.226 e. The van der Waals surface area contributed by atoms with Gasteiger partial charge in [-0.25, -0.2) is 0 Å². The fraction of sp³-hybridized carbons (Fsp3) is 0.538. The van der Waals surface area contributed by atoms with Crippen LogP contribution in [0.15, 0.2) is 18.3 Å². The van der Waals surface area contributed by atoms with Crippen molar-refractivity contribution in [1.82, 2.24) is 15.6 Å². The van der Waals surface area contributed by atoms with Gasteiger partial charge < -0.3 is 10.6 Å².